The summed E-state index contributed by atoms with van der Waals surface area (Å²) in [6, 6.07) is 5.97. The second-order valence-electron chi connectivity index (χ2n) is 5.69. The van der Waals surface area contributed by atoms with Crippen LogP contribution in [0.1, 0.15) is 37.8 Å². The summed E-state index contributed by atoms with van der Waals surface area (Å²) in [7, 11) is 1.58. The summed E-state index contributed by atoms with van der Waals surface area (Å²) < 4.78 is 5.20. The van der Waals surface area contributed by atoms with Gasteiger partial charge in [0.25, 0.3) is 0 Å². The number of phenols is 1. The Kier molecular flexibility index (Phi) is 5.26. The number of rotatable bonds is 5. The van der Waals surface area contributed by atoms with Crippen molar-refractivity contribution in [1.29, 1.82) is 0 Å². The zero-order valence-electron chi connectivity index (χ0n) is 12.5. The van der Waals surface area contributed by atoms with E-state index < -0.39 is 0 Å². The van der Waals surface area contributed by atoms with Crippen molar-refractivity contribution in [2.24, 2.45) is 11.7 Å². The highest BCUT2D eigenvalue weighted by atomic mass is 16.5. The van der Waals surface area contributed by atoms with Gasteiger partial charge < -0.3 is 15.6 Å². The van der Waals surface area contributed by atoms with Crippen LogP contribution in [0.5, 0.6) is 11.5 Å². The molecule has 0 radical (unpaired) electrons. The molecule has 4 heteroatoms. The van der Waals surface area contributed by atoms with Gasteiger partial charge in [0.05, 0.1) is 7.11 Å². The largest absolute Gasteiger partial charge is 0.504 e. The van der Waals surface area contributed by atoms with Gasteiger partial charge in [0, 0.05) is 12.6 Å². The van der Waals surface area contributed by atoms with Gasteiger partial charge in [-0.25, -0.2) is 0 Å². The Labute approximate surface area is 121 Å². The van der Waals surface area contributed by atoms with Gasteiger partial charge in [0.15, 0.2) is 11.5 Å². The quantitative estimate of drug-likeness (QED) is 0.869. The summed E-state index contributed by atoms with van der Waals surface area (Å²) in [5.74, 6) is 1.46. The fourth-order valence-corrected chi connectivity index (χ4v) is 3.09. The van der Waals surface area contributed by atoms with Gasteiger partial charge in [-0.3, -0.25) is 4.90 Å². The van der Waals surface area contributed by atoms with Crippen molar-refractivity contribution >= 4 is 0 Å². The molecule has 1 heterocycles. The zero-order chi connectivity index (χ0) is 14.5. The number of benzene rings is 1. The maximum Gasteiger partial charge on any atom is 0.160 e. The molecular formula is C16H26N2O2. The number of ether oxygens (including phenoxy) is 1. The fraction of sp³-hybridized carbons (Fsp3) is 0.625. The molecule has 0 bridgehead atoms. The van der Waals surface area contributed by atoms with Crippen LogP contribution in [0.15, 0.2) is 18.2 Å². The van der Waals surface area contributed by atoms with Crippen molar-refractivity contribution in [3.05, 3.63) is 23.8 Å². The van der Waals surface area contributed by atoms with Crippen LogP contribution in [0.25, 0.3) is 0 Å². The van der Waals surface area contributed by atoms with Crippen LogP contribution in [0.2, 0.25) is 0 Å². The van der Waals surface area contributed by atoms with E-state index in [4.69, 9.17) is 10.5 Å². The molecule has 0 amide bonds. The molecular weight excluding hydrogens is 252 g/mol. The Balaban J connectivity index is 2.08. The van der Waals surface area contributed by atoms with E-state index in [1.807, 2.05) is 12.1 Å². The molecule has 20 heavy (non-hydrogen) atoms. The first-order valence-electron chi connectivity index (χ1n) is 7.46. The van der Waals surface area contributed by atoms with Gasteiger partial charge in [-0.1, -0.05) is 6.07 Å². The van der Waals surface area contributed by atoms with Crippen LogP contribution in [0.3, 0.4) is 0 Å². The maximum absolute atomic E-state index is 9.69. The predicted molar refractivity (Wildman–Crippen MR) is 81.0 cm³/mol. The van der Waals surface area contributed by atoms with Crippen LogP contribution < -0.4 is 10.5 Å². The van der Waals surface area contributed by atoms with Crippen LogP contribution in [-0.4, -0.2) is 36.8 Å². The maximum atomic E-state index is 9.69. The average molecular weight is 278 g/mol. The van der Waals surface area contributed by atoms with Crippen molar-refractivity contribution in [3.8, 4) is 11.5 Å². The third-order valence-corrected chi connectivity index (χ3v) is 4.36. The minimum Gasteiger partial charge on any atom is -0.504 e. The van der Waals surface area contributed by atoms with Crippen molar-refractivity contribution in [2.75, 3.05) is 26.7 Å². The van der Waals surface area contributed by atoms with Crippen LogP contribution in [0, 0.1) is 5.92 Å². The number of phenolic OH excluding ortho intramolecular Hbond substituents is 1. The summed E-state index contributed by atoms with van der Waals surface area (Å²) in [6.45, 7) is 5.24. The Morgan fingerprint density at radius 3 is 3.00 bits per heavy atom. The molecule has 0 saturated carbocycles. The lowest BCUT2D eigenvalue weighted by molar-refractivity contribution is 0.128. The molecule has 1 aliphatic rings. The number of aromatic hydroxyl groups is 1. The highest BCUT2D eigenvalue weighted by Gasteiger charge is 2.24. The van der Waals surface area contributed by atoms with Crippen molar-refractivity contribution in [3.63, 3.8) is 0 Å². The molecule has 1 aromatic rings. The molecule has 2 rings (SSSR count). The lowest BCUT2D eigenvalue weighted by Crippen LogP contribution is -2.37. The second-order valence-corrected chi connectivity index (χ2v) is 5.69. The first-order chi connectivity index (χ1) is 9.65. The van der Waals surface area contributed by atoms with E-state index >= 15 is 0 Å². The average Bonchev–Trinajstić information content (AvgIpc) is 2.48. The second kappa shape index (κ2) is 6.95. The lowest BCUT2D eigenvalue weighted by atomic mass is 9.93. The highest BCUT2D eigenvalue weighted by molar-refractivity contribution is 5.42. The van der Waals surface area contributed by atoms with E-state index in [0.29, 0.717) is 11.8 Å². The predicted octanol–water partition coefficient (Wildman–Crippen LogP) is 2.52. The summed E-state index contributed by atoms with van der Waals surface area (Å²) in [6.07, 6.45) is 3.64. The minimum atomic E-state index is 0.197. The molecule has 112 valence electrons. The zero-order valence-corrected chi connectivity index (χ0v) is 12.5. The van der Waals surface area contributed by atoms with Crippen LogP contribution in [-0.2, 0) is 0 Å². The third-order valence-electron chi connectivity index (χ3n) is 4.36. The summed E-state index contributed by atoms with van der Waals surface area (Å²) in [4.78, 5) is 2.51. The smallest absolute Gasteiger partial charge is 0.160 e. The fourth-order valence-electron chi connectivity index (χ4n) is 3.09. The van der Waals surface area contributed by atoms with Gasteiger partial charge in [-0.15, -0.1) is 0 Å². The Morgan fingerprint density at radius 1 is 1.50 bits per heavy atom. The van der Waals surface area contributed by atoms with Gasteiger partial charge in [0.1, 0.15) is 0 Å². The molecule has 2 unspecified atom stereocenters. The number of methoxy groups -OCH3 is 1. The van der Waals surface area contributed by atoms with E-state index in [-0.39, 0.29) is 5.75 Å². The lowest BCUT2D eigenvalue weighted by Gasteiger charge is -2.37. The molecule has 0 aromatic heterocycles. The standard InChI is InChI=1S/C16H26N2O2/c1-12(14-5-6-15(19)16(10-14)20-2)18-9-3-4-13(11-18)7-8-17/h5-6,10,12-13,19H,3-4,7-9,11,17H2,1-2H3. The van der Waals surface area contributed by atoms with Crippen LogP contribution >= 0.6 is 0 Å². The molecule has 1 saturated heterocycles. The van der Waals surface area contributed by atoms with Crippen molar-refractivity contribution in [1.82, 2.24) is 4.90 Å². The van der Waals surface area contributed by atoms with Gasteiger partial charge in [-0.05, 0) is 62.9 Å². The molecule has 1 aromatic carbocycles. The third kappa shape index (κ3) is 3.44. The van der Waals surface area contributed by atoms with Gasteiger partial charge in [-0.2, -0.15) is 0 Å². The minimum absolute atomic E-state index is 0.197. The number of nitrogens with two attached hydrogens (primary N) is 1. The molecule has 0 spiro atoms. The molecule has 1 aliphatic heterocycles. The van der Waals surface area contributed by atoms with E-state index in [9.17, 15) is 5.11 Å². The number of likely N-dealkylation sites (tertiary alicyclic amines) is 1. The Bertz CT molecular complexity index is 434. The first kappa shape index (κ1) is 15.1. The number of nitrogens with zero attached hydrogens (tertiary/aromatic N) is 1. The van der Waals surface area contributed by atoms with E-state index in [2.05, 4.69) is 11.8 Å². The Morgan fingerprint density at radius 2 is 2.30 bits per heavy atom. The molecule has 3 N–H and O–H groups in total. The topological polar surface area (TPSA) is 58.7 Å². The summed E-state index contributed by atoms with van der Waals surface area (Å²) >= 11 is 0. The van der Waals surface area contributed by atoms with E-state index in [1.54, 1.807) is 13.2 Å². The first-order valence-corrected chi connectivity index (χ1v) is 7.46. The normalized spacial score (nSPS) is 21.6. The molecule has 4 nitrogen and oxygen atoms in total. The highest BCUT2D eigenvalue weighted by Crippen LogP contribution is 2.33. The van der Waals surface area contributed by atoms with Gasteiger partial charge >= 0.3 is 0 Å². The van der Waals surface area contributed by atoms with Crippen LogP contribution in [0.4, 0.5) is 0 Å². The Hall–Kier alpha value is -1.26. The van der Waals surface area contributed by atoms with E-state index in [0.717, 1.165) is 32.0 Å². The summed E-state index contributed by atoms with van der Waals surface area (Å²) in [5.41, 5.74) is 6.87. The number of piperidine rings is 1. The molecule has 0 aliphatic carbocycles. The van der Waals surface area contributed by atoms with Gasteiger partial charge in [0.2, 0.25) is 0 Å². The molecule has 2 atom stereocenters. The van der Waals surface area contributed by atoms with E-state index in [1.165, 1.54) is 18.4 Å². The van der Waals surface area contributed by atoms with Crippen molar-refractivity contribution < 1.29 is 9.84 Å². The SMILES string of the molecule is COc1cc(C(C)N2CCCC(CCN)C2)ccc1O. The van der Waals surface area contributed by atoms with Crippen molar-refractivity contribution in [2.45, 2.75) is 32.2 Å². The summed E-state index contributed by atoms with van der Waals surface area (Å²) in [5, 5.41) is 9.69. The molecule has 1 fully saturated rings. The number of hydrogen-bond acceptors (Lipinski definition) is 4. The number of hydrogen-bond donors (Lipinski definition) is 2. The monoisotopic (exact) mass is 278 g/mol.